The molecule has 3 rings (SSSR count). The van der Waals surface area contributed by atoms with Crippen LogP contribution in [0.3, 0.4) is 0 Å². The number of cyclic esters (lactones) is 1. The Hall–Kier alpha value is -4.08. The van der Waals surface area contributed by atoms with Crippen molar-refractivity contribution in [2.75, 3.05) is 6.61 Å². The van der Waals surface area contributed by atoms with E-state index in [2.05, 4.69) is 4.99 Å². The molecule has 28 heavy (non-hydrogen) atoms. The van der Waals surface area contributed by atoms with Gasteiger partial charge < -0.3 is 9.47 Å². The van der Waals surface area contributed by atoms with Gasteiger partial charge in [-0.1, -0.05) is 12.1 Å². The van der Waals surface area contributed by atoms with Crippen LogP contribution in [-0.2, 0) is 9.53 Å². The molecule has 142 valence electrons. The van der Waals surface area contributed by atoms with Gasteiger partial charge in [0.1, 0.15) is 5.75 Å². The summed E-state index contributed by atoms with van der Waals surface area (Å²) in [5.41, 5.74) is -0.429. The maximum absolute atomic E-state index is 12.1. The molecule has 0 fully saturated rings. The summed E-state index contributed by atoms with van der Waals surface area (Å²) in [4.78, 5) is 36.5. The van der Waals surface area contributed by atoms with Crippen molar-refractivity contribution in [2.45, 2.75) is 6.92 Å². The van der Waals surface area contributed by atoms with E-state index < -0.39 is 27.2 Å². The molecule has 2 aromatic carbocycles. The van der Waals surface area contributed by atoms with Crippen molar-refractivity contribution in [3.05, 3.63) is 79.5 Å². The van der Waals surface area contributed by atoms with E-state index in [1.807, 2.05) is 6.92 Å². The van der Waals surface area contributed by atoms with Gasteiger partial charge in [-0.2, -0.15) is 0 Å². The molecule has 0 radical (unpaired) electrons. The second kappa shape index (κ2) is 7.66. The second-order valence-corrected chi connectivity index (χ2v) is 5.59. The Morgan fingerprint density at radius 2 is 1.68 bits per heavy atom. The monoisotopic (exact) mass is 383 g/mol. The Morgan fingerprint density at radius 3 is 2.21 bits per heavy atom. The smallest absolute Gasteiger partial charge is 0.363 e. The Morgan fingerprint density at radius 1 is 1.07 bits per heavy atom. The molecule has 2 aromatic rings. The van der Waals surface area contributed by atoms with E-state index in [0.717, 1.165) is 18.2 Å². The first-order valence-electron chi connectivity index (χ1n) is 8.07. The van der Waals surface area contributed by atoms with E-state index in [9.17, 15) is 25.0 Å². The number of esters is 1. The molecule has 1 aliphatic heterocycles. The molecule has 1 aliphatic rings. The summed E-state index contributed by atoms with van der Waals surface area (Å²) in [6.45, 7) is 2.38. The number of non-ortho nitro benzene ring substituents is 2. The normalized spacial score (nSPS) is 14.5. The number of ether oxygens (including phenoxy) is 2. The minimum atomic E-state index is -0.773. The minimum absolute atomic E-state index is 0.0340. The molecule has 0 saturated heterocycles. The molecule has 0 spiro atoms. The number of rotatable bonds is 6. The van der Waals surface area contributed by atoms with Crippen LogP contribution in [0.4, 0.5) is 11.4 Å². The van der Waals surface area contributed by atoms with Crippen molar-refractivity contribution in [1.82, 2.24) is 0 Å². The molecule has 0 saturated carbocycles. The van der Waals surface area contributed by atoms with Crippen molar-refractivity contribution in [2.24, 2.45) is 4.99 Å². The van der Waals surface area contributed by atoms with Crippen LogP contribution >= 0.6 is 0 Å². The van der Waals surface area contributed by atoms with Crippen LogP contribution in [0.25, 0.3) is 6.08 Å². The Kier molecular flexibility index (Phi) is 5.12. The highest BCUT2D eigenvalue weighted by Gasteiger charge is 2.27. The SMILES string of the molecule is CCOc1ccc(C=C2N=C(c3cc([N+](=O)[O-])cc([N+](=O)[O-])c3)OC2=O)cc1. The summed E-state index contributed by atoms with van der Waals surface area (Å²) < 4.78 is 10.4. The molecule has 1 heterocycles. The van der Waals surface area contributed by atoms with E-state index in [4.69, 9.17) is 9.47 Å². The lowest BCUT2D eigenvalue weighted by Gasteiger charge is -2.02. The summed E-state index contributed by atoms with van der Waals surface area (Å²) in [5.74, 6) is -0.334. The highest BCUT2D eigenvalue weighted by molar-refractivity contribution is 6.13. The van der Waals surface area contributed by atoms with Crippen LogP contribution in [0.5, 0.6) is 5.75 Å². The van der Waals surface area contributed by atoms with Gasteiger partial charge in [0, 0.05) is 12.1 Å². The van der Waals surface area contributed by atoms with Gasteiger partial charge in [0.25, 0.3) is 11.4 Å². The maximum atomic E-state index is 12.1. The largest absolute Gasteiger partial charge is 0.494 e. The fourth-order valence-electron chi connectivity index (χ4n) is 2.45. The zero-order valence-electron chi connectivity index (χ0n) is 14.5. The second-order valence-electron chi connectivity index (χ2n) is 5.59. The third-order valence-electron chi connectivity index (χ3n) is 3.69. The first-order chi connectivity index (χ1) is 13.4. The van der Waals surface area contributed by atoms with Gasteiger partial charge >= 0.3 is 5.97 Å². The predicted molar refractivity (Wildman–Crippen MR) is 98.0 cm³/mol. The number of nitrogens with zero attached hydrogens (tertiary/aromatic N) is 3. The fourth-order valence-corrected chi connectivity index (χ4v) is 2.45. The molecule has 0 amide bonds. The zero-order chi connectivity index (χ0) is 20.3. The number of nitro benzene ring substituents is 2. The molecule has 0 aliphatic carbocycles. The number of hydrogen-bond acceptors (Lipinski definition) is 8. The zero-order valence-corrected chi connectivity index (χ0v) is 14.5. The highest BCUT2D eigenvalue weighted by atomic mass is 16.6. The van der Waals surface area contributed by atoms with E-state index >= 15 is 0 Å². The number of carbonyl (C=O) groups is 1. The van der Waals surface area contributed by atoms with E-state index in [-0.39, 0.29) is 17.2 Å². The fraction of sp³-hybridized carbons (Fsp3) is 0.111. The van der Waals surface area contributed by atoms with Gasteiger partial charge in [-0.05, 0) is 30.7 Å². The summed E-state index contributed by atoms with van der Waals surface area (Å²) in [5, 5.41) is 22.0. The first-order valence-corrected chi connectivity index (χ1v) is 8.07. The molecule has 0 bridgehead atoms. The number of carbonyl (C=O) groups excluding carboxylic acids is 1. The average molecular weight is 383 g/mol. The van der Waals surface area contributed by atoms with Crippen molar-refractivity contribution >= 4 is 29.3 Å². The summed E-state index contributed by atoms with van der Waals surface area (Å²) in [6.07, 6.45) is 1.47. The summed E-state index contributed by atoms with van der Waals surface area (Å²) in [7, 11) is 0. The van der Waals surface area contributed by atoms with Gasteiger partial charge in [-0.25, -0.2) is 9.79 Å². The van der Waals surface area contributed by atoms with Gasteiger partial charge in [0.05, 0.1) is 28.1 Å². The molecule has 0 atom stereocenters. The van der Waals surface area contributed by atoms with E-state index in [1.165, 1.54) is 6.08 Å². The molecule has 0 unspecified atom stereocenters. The Bertz CT molecular complexity index is 994. The number of nitro groups is 2. The van der Waals surface area contributed by atoms with Gasteiger partial charge in [0.15, 0.2) is 5.70 Å². The van der Waals surface area contributed by atoms with Crippen LogP contribution < -0.4 is 4.74 Å². The lowest BCUT2D eigenvalue weighted by Crippen LogP contribution is -2.06. The van der Waals surface area contributed by atoms with Crippen molar-refractivity contribution < 1.29 is 24.1 Å². The number of benzene rings is 2. The molecular weight excluding hydrogens is 370 g/mol. The Labute approximate surface area is 158 Å². The molecule has 10 nitrogen and oxygen atoms in total. The molecule has 0 aromatic heterocycles. The van der Waals surface area contributed by atoms with Crippen molar-refractivity contribution in [3.63, 3.8) is 0 Å². The van der Waals surface area contributed by atoms with Crippen LogP contribution in [0.2, 0.25) is 0 Å². The minimum Gasteiger partial charge on any atom is -0.494 e. The quantitative estimate of drug-likeness (QED) is 0.323. The van der Waals surface area contributed by atoms with Crippen molar-refractivity contribution in [1.29, 1.82) is 0 Å². The van der Waals surface area contributed by atoms with E-state index in [0.29, 0.717) is 17.9 Å². The number of hydrogen-bond donors (Lipinski definition) is 0. The molecule has 0 N–H and O–H groups in total. The van der Waals surface area contributed by atoms with Gasteiger partial charge in [-0.15, -0.1) is 0 Å². The third kappa shape index (κ3) is 4.01. The number of aliphatic imine (C=N–C) groups is 1. The third-order valence-corrected chi connectivity index (χ3v) is 3.69. The lowest BCUT2D eigenvalue weighted by atomic mass is 10.1. The van der Waals surface area contributed by atoms with Crippen LogP contribution in [0.15, 0.2) is 53.2 Å². The predicted octanol–water partition coefficient (Wildman–Crippen LogP) is 3.25. The first kappa shape index (κ1) is 18.7. The van der Waals surface area contributed by atoms with E-state index in [1.54, 1.807) is 24.3 Å². The van der Waals surface area contributed by atoms with Crippen LogP contribution in [0.1, 0.15) is 18.1 Å². The lowest BCUT2D eigenvalue weighted by molar-refractivity contribution is -0.394. The molecule has 10 heteroatoms. The maximum Gasteiger partial charge on any atom is 0.363 e. The van der Waals surface area contributed by atoms with Crippen molar-refractivity contribution in [3.8, 4) is 5.75 Å². The summed E-state index contributed by atoms with van der Waals surface area (Å²) >= 11 is 0. The van der Waals surface area contributed by atoms with Crippen LogP contribution in [-0.4, -0.2) is 28.3 Å². The van der Waals surface area contributed by atoms with Gasteiger partial charge in [-0.3, -0.25) is 20.2 Å². The highest BCUT2D eigenvalue weighted by Crippen LogP contribution is 2.26. The average Bonchev–Trinajstić information content (AvgIpc) is 3.03. The van der Waals surface area contributed by atoms with Crippen LogP contribution in [0, 0.1) is 20.2 Å². The topological polar surface area (TPSA) is 134 Å². The van der Waals surface area contributed by atoms with Gasteiger partial charge in [0.2, 0.25) is 5.90 Å². The molecular formula is C18H13N3O7. The summed E-state index contributed by atoms with van der Waals surface area (Å²) in [6, 6.07) is 9.82. The standard InChI is InChI=1S/C18H13N3O7/c1-2-27-15-5-3-11(4-6-15)7-16-18(22)28-17(19-16)12-8-13(20(23)24)10-14(9-12)21(25)26/h3-10H,2H2,1H3. The Balaban J connectivity index is 1.95.